The Balaban J connectivity index is 1.38. The van der Waals surface area contributed by atoms with Crippen LogP contribution in [0.5, 0.6) is 11.5 Å². The molecule has 1 saturated carbocycles. The first-order chi connectivity index (χ1) is 12.6. The molecule has 2 heterocycles. The summed E-state index contributed by atoms with van der Waals surface area (Å²) in [6.45, 7) is 7.01. The lowest BCUT2D eigenvalue weighted by atomic mass is 9.78. The van der Waals surface area contributed by atoms with E-state index in [1.807, 2.05) is 6.07 Å². The summed E-state index contributed by atoms with van der Waals surface area (Å²) < 4.78 is 5.25. The first-order valence-electron chi connectivity index (χ1n) is 10.1. The predicted molar refractivity (Wildman–Crippen MR) is 105 cm³/mol. The topological polar surface area (TPSA) is 35.9 Å². The van der Waals surface area contributed by atoms with E-state index in [1.165, 1.54) is 58.2 Å². The molecule has 0 amide bonds. The highest BCUT2D eigenvalue weighted by Crippen LogP contribution is 2.41. The predicted octanol–water partition coefficient (Wildman–Crippen LogP) is 4.14. The highest BCUT2D eigenvalue weighted by Gasteiger charge is 2.41. The molecular formula is C21H31ClN2O2. The summed E-state index contributed by atoms with van der Waals surface area (Å²) in [5.74, 6) is 1.58. The Bertz CT molecular complexity index is 649. The molecule has 2 aliphatic heterocycles. The minimum atomic E-state index is 0.109. The van der Waals surface area contributed by atoms with Gasteiger partial charge in [-0.25, -0.2) is 0 Å². The molecule has 1 aliphatic carbocycles. The number of halogens is 1. The van der Waals surface area contributed by atoms with Crippen molar-refractivity contribution in [1.82, 2.24) is 9.80 Å². The first kappa shape index (κ1) is 18.4. The highest BCUT2D eigenvalue weighted by molar-refractivity contribution is 6.31. The molecule has 1 unspecified atom stereocenters. The van der Waals surface area contributed by atoms with Crippen molar-refractivity contribution in [1.29, 1.82) is 0 Å². The Labute approximate surface area is 162 Å². The zero-order valence-electron chi connectivity index (χ0n) is 15.8. The van der Waals surface area contributed by atoms with Crippen LogP contribution in [0.25, 0.3) is 0 Å². The number of nitrogens with zero attached hydrogens (tertiary/aromatic N) is 2. The number of ether oxygens (including phenoxy) is 1. The zero-order valence-corrected chi connectivity index (χ0v) is 16.6. The van der Waals surface area contributed by atoms with Gasteiger partial charge in [-0.3, -0.25) is 4.90 Å². The van der Waals surface area contributed by atoms with Crippen molar-refractivity contribution in [2.75, 3.05) is 39.8 Å². The fourth-order valence-electron chi connectivity index (χ4n) is 5.11. The van der Waals surface area contributed by atoms with E-state index in [1.54, 1.807) is 13.2 Å². The zero-order chi connectivity index (χ0) is 18.1. The molecule has 1 spiro atoms. The summed E-state index contributed by atoms with van der Waals surface area (Å²) in [5.41, 5.74) is 1.51. The molecule has 26 heavy (non-hydrogen) atoms. The molecule has 1 aromatic carbocycles. The lowest BCUT2D eigenvalue weighted by Gasteiger charge is -2.43. The van der Waals surface area contributed by atoms with E-state index in [0.29, 0.717) is 16.2 Å². The molecular weight excluding hydrogens is 348 g/mol. The van der Waals surface area contributed by atoms with E-state index in [4.69, 9.17) is 16.3 Å². The van der Waals surface area contributed by atoms with Crippen LogP contribution in [-0.2, 0) is 6.54 Å². The SMILES string of the molecule is COc1cc(CN2CCC3(CCCN(CC4CCC4)C3)C2)c(Cl)cc1O. The Morgan fingerprint density at radius 1 is 1.15 bits per heavy atom. The second-order valence-corrected chi connectivity index (χ2v) is 9.12. The molecule has 1 aromatic rings. The van der Waals surface area contributed by atoms with Gasteiger partial charge in [-0.15, -0.1) is 0 Å². The molecule has 1 atom stereocenters. The van der Waals surface area contributed by atoms with Gasteiger partial charge >= 0.3 is 0 Å². The van der Waals surface area contributed by atoms with Crippen LogP contribution in [0.15, 0.2) is 12.1 Å². The molecule has 5 heteroatoms. The van der Waals surface area contributed by atoms with Crippen LogP contribution in [0.3, 0.4) is 0 Å². The van der Waals surface area contributed by atoms with Crippen molar-refractivity contribution in [2.24, 2.45) is 11.3 Å². The molecule has 0 radical (unpaired) electrons. The number of benzene rings is 1. The maximum Gasteiger partial charge on any atom is 0.160 e. The smallest absolute Gasteiger partial charge is 0.160 e. The van der Waals surface area contributed by atoms with Crippen LogP contribution in [0.1, 0.15) is 44.1 Å². The maximum absolute atomic E-state index is 9.87. The molecule has 1 N–H and O–H groups in total. The van der Waals surface area contributed by atoms with Crippen LogP contribution >= 0.6 is 11.6 Å². The number of hydrogen-bond donors (Lipinski definition) is 1. The lowest BCUT2D eigenvalue weighted by molar-refractivity contribution is 0.0668. The summed E-state index contributed by atoms with van der Waals surface area (Å²) in [6, 6.07) is 3.48. The number of aromatic hydroxyl groups is 1. The third-order valence-corrected chi connectivity index (χ3v) is 7.09. The largest absolute Gasteiger partial charge is 0.504 e. The van der Waals surface area contributed by atoms with Gasteiger partial charge in [0, 0.05) is 37.3 Å². The number of phenols is 1. The van der Waals surface area contributed by atoms with Gasteiger partial charge in [0.25, 0.3) is 0 Å². The number of piperidine rings is 1. The number of rotatable bonds is 5. The van der Waals surface area contributed by atoms with Crippen molar-refractivity contribution in [2.45, 2.75) is 45.1 Å². The van der Waals surface area contributed by atoms with Crippen LogP contribution in [0, 0.1) is 11.3 Å². The van der Waals surface area contributed by atoms with E-state index in [9.17, 15) is 5.11 Å². The second kappa shape index (κ2) is 7.57. The first-order valence-corrected chi connectivity index (χ1v) is 10.4. The Morgan fingerprint density at radius 2 is 1.96 bits per heavy atom. The monoisotopic (exact) mass is 378 g/mol. The Hall–Kier alpha value is -0.970. The highest BCUT2D eigenvalue weighted by atomic mass is 35.5. The van der Waals surface area contributed by atoms with Gasteiger partial charge in [0.1, 0.15) is 0 Å². The fraction of sp³-hybridized carbons (Fsp3) is 0.714. The fourth-order valence-corrected chi connectivity index (χ4v) is 5.33. The normalized spacial score (nSPS) is 27.8. The van der Waals surface area contributed by atoms with E-state index < -0.39 is 0 Å². The average Bonchev–Trinajstić information content (AvgIpc) is 2.95. The number of hydrogen-bond acceptors (Lipinski definition) is 4. The molecule has 4 nitrogen and oxygen atoms in total. The van der Waals surface area contributed by atoms with Crippen LogP contribution in [-0.4, -0.2) is 54.7 Å². The van der Waals surface area contributed by atoms with Crippen molar-refractivity contribution < 1.29 is 9.84 Å². The van der Waals surface area contributed by atoms with Gasteiger partial charge in [-0.1, -0.05) is 18.0 Å². The summed E-state index contributed by atoms with van der Waals surface area (Å²) >= 11 is 6.37. The minimum Gasteiger partial charge on any atom is -0.504 e. The van der Waals surface area contributed by atoms with E-state index >= 15 is 0 Å². The summed E-state index contributed by atoms with van der Waals surface area (Å²) in [4.78, 5) is 5.28. The standard InChI is InChI=1S/C21H31ClN2O2/c1-26-20-10-17(18(22)11-19(20)25)13-24-9-7-21(15-24)6-3-8-23(14-21)12-16-4-2-5-16/h10-11,16,25H,2-9,12-15H2,1H3. The van der Waals surface area contributed by atoms with Gasteiger partial charge < -0.3 is 14.7 Å². The van der Waals surface area contributed by atoms with Gasteiger partial charge in [-0.05, 0) is 68.2 Å². The van der Waals surface area contributed by atoms with Crippen molar-refractivity contribution in [3.63, 3.8) is 0 Å². The minimum absolute atomic E-state index is 0.109. The van der Waals surface area contributed by atoms with Gasteiger partial charge in [-0.2, -0.15) is 0 Å². The molecule has 3 fully saturated rings. The number of phenolic OH excluding ortho intramolecular Hbond substituents is 1. The lowest BCUT2D eigenvalue weighted by Crippen LogP contribution is -2.47. The van der Waals surface area contributed by atoms with Crippen molar-refractivity contribution >= 4 is 11.6 Å². The molecule has 3 aliphatic rings. The second-order valence-electron chi connectivity index (χ2n) is 8.71. The number of methoxy groups -OCH3 is 1. The molecule has 2 saturated heterocycles. The van der Waals surface area contributed by atoms with E-state index in [2.05, 4.69) is 9.80 Å². The van der Waals surface area contributed by atoms with Gasteiger partial charge in [0.05, 0.1) is 7.11 Å². The van der Waals surface area contributed by atoms with Gasteiger partial charge in [0.2, 0.25) is 0 Å². The van der Waals surface area contributed by atoms with Crippen LogP contribution in [0.2, 0.25) is 5.02 Å². The van der Waals surface area contributed by atoms with E-state index in [-0.39, 0.29) is 5.75 Å². The molecule has 4 rings (SSSR count). The molecule has 0 aromatic heterocycles. The summed E-state index contributed by atoms with van der Waals surface area (Å²) in [6.07, 6.45) is 8.31. The summed E-state index contributed by atoms with van der Waals surface area (Å²) in [5, 5.41) is 10.5. The third-order valence-electron chi connectivity index (χ3n) is 6.74. The molecule has 0 bridgehead atoms. The maximum atomic E-state index is 9.87. The Morgan fingerprint density at radius 3 is 2.69 bits per heavy atom. The Kier molecular flexibility index (Phi) is 5.36. The molecule has 144 valence electrons. The quantitative estimate of drug-likeness (QED) is 0.835. The van der Waals surface area contributed by atoms with Crippen molar-refractivity contribution in [3.8, 4) is 11.5 Å². The van der Waals surface area contributed by atoms with Crippen LogP contribution in [0.4, 0.5) is 0 Å². The summed E-state index contributed by atoms with van der Waals surface area (Å²) in [7, 11) is 1.58. The van der Waals surface area contributed by atoms with Crippen molar-refractivity contribution in [3.05, 3.63) is 22.7 Å². The van der Waals surface area contributed by atoms with E-state index in [0.717, 1.165) is 31.1 Å². The average molecular weight is 379 g/mol. The third kappa shape index (κ3) is 3.83. The number of likely N-dealkylation sites (tertiary alicyclic amines) is 2. The van der Waals surface area contributed by atoms with Gasteiger partial charge in [0.15, 0.2) is 11.5 Å². The van der Waals surface area contributed by atoms with Crippen LogP contribution < -0.4 is 4.74 Å².